The summed E-state index contributed by atoms with van der Waals surface area (Å²) in [4.78, 5) is 29.5. The van der Waals surface area contributed by atoms with Gasteiger partial charge in [-0.1, -0.05) is 48.0 Å². The number of carbonyl (C=O) groups is 2. The molecule has 0 radical (unpaired) electrons. The van der Waals surface area contributed by atoms with E-state index in [0.717, 1.165) is 41.2 Å². The van der Waals surface area contributed by atoms with Crippen molar-refractivity contribution in [1.82, 2.24) is 14.7 Å². The summed E-state index contributed by atoms with van der Waals surface area (Å²) in [5.41, 5.74) is 6.44. The van der Waals surface area contributed by atoms with Gasteiger partial charge in [0.25, 0.3) is 5.91 Å². The van der Waals surface area contributed by atoms with Crippen molar-refractivity contribution in [3.05, 3.63) is 95.7 Å². The van der Waals surface area contributed by atoms with Crippen molar-refractivity contribution in [3.8, 4) is 16.8 Å². The molecule has 0 unspecified atom stereocenters. The third-order valence-corrected chi connectivity index (χ3v) is 6.74. The second kappa shape index (κ2) is 10.3. The van der Waals surface area contributed by atoms with Crippen LogP contribution in [0.15, 0.2) is 78.9 Å². The molecular formula is C30H31N5O2. The zero-order chi connectivity index (χ0) is 25.9. The minimum Gasteiger partial charge on any atom is -0.368 e. The van der Waals surface area contributed by atoms with Crippen LogP contribution >= 0.6 is 0 Å². The third kappa shape index (κ3) is 5.11. The Bertz CT molecular complexity index is 1400. The van der Waals surface area contributed by atoms with Gasteiger partial charge in [-0.25, -0.2) is 4.68 Å². The van der Waals surface area contributed by atoms with Crippen LogP contribution in [0.25, 0.3) is 16.8 Å². The standard InChI is InChI=1S/C30H31N5O2/c1-21-9-11-24(12-10-21)28-22(2)32-35(29(28)31-23(3)36)27-15-13-25(14-16-27)30(37)34-19-17-33(18-20-34)26-7-5-4-6-8-26/h4-16H,17-20H2,1-3H3,(H,31,36). The van der Waals surface area contributed by atoms with E-state index in [9.17, 15) is 9.59 Å². The van der Waals surface area contributed by atoms with Crippen molar-refractivity contribution < 1.29 is 9.59 Å². The van der Waals surface area contributed by atoms with Gasteiger partial charge in [0.15, 0.2) is 0 Å². The Hall–Kier alpha value is -4.39. The topological polar surface area (TPSA) is 70.5 Å². The summed E-state index contributed by atoms with van der Waals surface area (Å²) in [5.74, 6) is 0.472. The molecule has 4 aromatic rings. The van der Waals surface area contributed by atoms with E-state index in [1.165, 1.54) is 12.6 Å². The number of benzene rings is 3. The smallest absolute Gasteiger partial charge is 0.253 e. The monoisotopic (exact) mass is 493 g/mol. The highest BCUT2D eigenvalue weighted by Crippen LogP contribution is 2.33. The van der Waals surface area contributed by atoms with Crippen molar-refractivity contribution in [1.29, 1.82) is 0 Å². The van der Waals surface area contributed by atoms with Gasteiger partial charge in [0, 0.05) is 49.9 Å². The molecule has 188 valence electrons. The Morgan fingerprint density at radius 2 is 1.43 bits per heavy atom. The van der Waals surface area contributed by atoms with Crippen LogP contribution in [-0.4, -0.2) is 52.7 Å². The van der Waals surface area contributed by atoms with Gasteiger partial charge in [0.2, 0.25) is 5.91 Å². The van der Waals surface area contributed by atoms with Crippen molar-refractivity contribution in [2.45, 2.75) is 20.8 Å². The minimum atomic E-state index is -0.170. The van der Waals surface area contributed by atoms with Crippen LogP contribution < -0.4 is 10.2 Å². The molecule has 1 aliphatic heterocycles. The lowest BCUT2D eigenvalue weighted by Crippen LogP contribution is -2.48. The second-order valence-electron chi connectivity index (χ2n) is 9.43. The average Bonchev–Trinajstić information content (AvgIpc) is 3.24. The molecule has 0 spiro atoms. The van der Waals surface area contributed by atoms with E-state index in [-0.39, 0.29) is 11.8 Å². The molecule has 1 fully saturated rings. The van der Waals surface area contributed by atoms with Crippen LogP contribution in [0.2, 0.25) is 0 Å². The molecule has 1 aliphatic rings. The highest BCUT2D eigenvalue weighted by molar-refractivity contribution is 5.95. The van der Waals surface area contributed by atoms with Crippen LogP contribution in [0.4, 0.5) is 11.5 Å². The first kappa shape index (κ1) is 24.3. The molecular weight excluding hydrogens is 462 g/mol. The Morgan fingerprint density at radius 1 is 0.784 bits per heavy atom. The van der Waals surface area contributed by atoms with Crippen molar-refractivity contribution in [2.24, 2.45) is 0 Å². The molecule has 37 heavy (non-hydrogen) atoms. The number of hydrogen-bond acceptors (Lipinski definition) is 4. The first-order chi connectivity index (χ1) is 17.9. The summed E-state index contributed by atoms with van der Waals surface area (Å²) in [5, 5.41) is 7.70. The number of nitrogens with one attached hydrogen (secondary N) is 1. The molecule has 1 aromatic heterocycles. The summed E-state index contributed by atoms with van der Waals surface area (Å²) in [6.07, 6.45) is 0. The molecule has 0 saturated carbocycles. The quantitative estimate of drug-likeness (QED) is 0.421. The van der Waals surface area contributed by atoms with Gasteiger partial charge < -0.3 is 15.1 Å². The van der Waals surface area contributed by atoms with Crippen LogP contribution in [0.1, 0.15) is 28.5 Å². The molecule has 1 saturated heterocycles. The molecule has 2 heterocycles. The van der Waals surface area contributed by atoms with E-state index in [2.05, 4.69) is 22.3 Å². The predicted molar refractivity (Wildman–Crippen MR) is 147 cm³/mol. The van der Waals surface area contributed by atoms with Gasteiger partial charge in [-0.15, -0.1) is 0 Å². The number of aromatic nitrogens is 2. The van der Waals surface area contributed by atoms with Crippen LogP contribution in [0.3, 0.4) is 0 Å². The summed E-state index contributed by atoms with van der Waals surface area (Å²) >= 11 is 0. The minimum absolute atomic E-state index is 0.0262. The third-order valence-electron chi connectivity index (χ3n) is 6.74. The Labute approximate surface area is 217 Å². The van der Waals surface area contributed by atoms with E-state index in [0.29, 0.717) is 24.5 Å². The maximum Gasteiger partial charge on any atom is 0.253 e. The fourth-order valence-corrected chi connectivity index (χ4v) is 4.80. The van der Waals surface area contributed by atoms with E-state index in [1.54, 1.807) is 4.68 Å². The molecule has 0 atom stereocenters. The highest BCUT2D eigenvalue weighted by Gasteiger charge is 2.23. The van der Waals surface area contributed by atoms with Crippen LogP contribution in [0.5, 0.6) is 0 Å². The zero-order valence-electron chi connectivity index (χ0n) is 21.4. The van der Waals surface area contributed by atoms with E-state index >= 15 is 0 Å². The van der Waals surface area contributed by atoms with Gasteiger partial charge >= 0.3 is 0 Å². The Morgan fingerprint density at radius 3 is 2.05 bits per heavy atom. The van der Waals surface area contributed by atoms with Gasteiger partial charge in [-0.05, 0) is 55.8 Å². The molecule has 3 aromatic carbocycles. The number of para-hydroxylation sites is 1. The lowest BCUT2D eigenvalue weighted by Gasteiger charge is -2.36. The molecule has 7 nitrogen and oxygen atoms in total. The lowest BCUT2D eigenvalue weighted by molar-refractivity contribution is -0.114. The van der Waals surface area contributed by atoms with E-state index < -0.39 is 0 Å². The van der Waals surface area contributed by atoms with Gasteiger partial charge in [-0.3, -0.25) is 9.59 Å². The number of anilines is 2. The van der Waals surface area contributed by atoms with Gasteiger partial charge in [0.1, 0.15) is 5.82 Å². The lowest BCUT2D eigenvalue weighted by atomic mass is 10.0. The molecule has 0 bridgehead atoms. The van der Waals surface area contributed by atoms with Crippen molar-refractivity contribution >= 4 is 23.3 Å². The molecule has 1 N–H and O–H groups in total. The number of nitrogens with zero attached hydrogens (tertiary/aromatic N) is 4. The average molecular weight is 494 g/mol. The van der Waals surface area contributed by atoms with Crippen molar-refractivity contribution in [2.75, 3.05) is 36.4 Å². The number of piperazine rings is 1. The normalized spacial score (nSPS) is 13.5. The Balaban J connectivity index is 1.36. The number of rotatable bonds is 5. The zero-order valence-corrected chi connectivity index (χ0v) is 21.4. The molecule has 0 aliphatic carbocycles. The number of carbonyl (C=O) groups excluding carboxylic acids is 2. The molecule has 5 rings (SSSR count). The summed E-state index contributed by atoms with van der Waals surface area (Å²) in [6.45, 7) is 8.45. The fraction of sp³-hybridized carbons (Fsp3) is 0.233. The fourth-order valence-electron chi connectivity index (χ4n) is 4.80. The SMILES string of the molecule is CC(=O)Nc1c(-c2ccc(C)cc2)c(C)nn1-c1ccc(C(=O)N2CCN(c3ccccc3)CC2)cc1. The maximum absolute atomic E-state index is 13.2. The number of hydrogen-bond donors (Lipinski definition) is 1. The molecule has 2 amide bonds. The van der Waals surface area contributed by atoms with Crippen molar-refractivity contribution in [3.63, 3.8) is 0 Å². The number of aryl methyl sites for hydroxylation is 2. The molecule has 7 heteroatoms. The highest BCUT2D eigenvalue weighted by atomic mass is 16.2. The van der Waals surface area contributed by atoms with Crippen LogP contribution in [-0.2, 0) is 4.79 Å². The van der Waals surface area contributed by atoms with E-state index in [4.69, 9.17) is 5.10 Å². The largest absolute Gasteiger partial charge is 0.368 e. The van der Waals surface area contributed by atoms with Crippen LogP contribution in [0, 0.1) is 13.8 Å². The maximum atomic E-state index is 13.2. The van der Waals surface area contributed by atoms with Gasteiger partial charge in [0.05, 0.1) is 11.4 Å². The van der Waals surface area contributed by atoms with E-state index in [1.807, 2.05) is 85.5 Å². The second-order valence-corrected chi connectivity index (χ2v) is 9.43. The first-order valence-corrected chi connectivity index (χ1v) is 12.5. The predicted octanol–water partition coefficient (Wildman–Crippen LogP) is 5.08. The summed E-state index contributed by atoms with van der Waals surface area (Å²) in [7, 11) is 0. The summed E-state index contributed by atoms with van der Waals surface area (Å²) in [6, 6.07) is 25.9. The Kier molecular flexibility index (Phi) is 6.77. The number of amides is 2. The van der Waals surface area contributed by atoms with Gasteiger partial charge in [-0.2, -0.15) is 5.10 Å². The first-order valence-electron chi connectivity index (χ1n) is 12.5. The summed E-state index contributed by atoms with van der Waals surface area (Å²) < 4.78 is 1.73.